The molecule has 0 fully saturated rings. The summed E-state index contributed by atoms with van der Waals surface area (Å²) in [6.07, 6.45) is 7.49. The van der Waals surface area contributed by atoms with E-state index in [-0.39, 0.29) is 0 Å². The monoisotopic (exact) mass is 222 g/mol. The van der Waals surface area contributed by atoms with Gasteiger partial charge in [0.05, 0.1) is 6.20 Å². The van der Waals surface area contributed by atoms with Crippen LogP contribution in [0, 0.1) is 0 Å². The van der Waals surface area contributed by atoms with Gasteiger partial charge in [-0.2, -0.15) is 16.9 Å². The van der Waals surface area contributed by atoms with Gasteiger partial charge in [-0.15, -0.1) is 0 Å². The van der Waals surface area contributed by atoms with E-state index in [4.69, 9.17) is 0 Å². The molecule has 0 saturated heterocycles. The van der Waals surface area contributed by atoms with Gasteiger partial charge in [0.1, 0.15) is 5.52 Å². The van der Waals surface area contributed by atoms with Gasteiger partial charge in [-0.25, -0.2) is 9.50 Å². The van der Waals surface area contributed by atoms with Crippen LogP contribution in [0.25, 0.3) is 5.52 Å². The van der Waals surface area contributed by atoms with E-state index in [2.05, 4.69) is 28.6 Å². The van der Waals surface area contributed by atoms with Crippen LogP contribution in [-0.4, -0.2) is 32.6 Å². The number of thioether (sulfide) groups is 1. The van der Waals surface area contributed by atoms with Crippen LogP contribution in [0.2, 0.25) is 0 Å². The molecule has 0 spiro atoms. The first-order chi connectivity index (χ1) is 7.31. The molecule has 80 valence electrons. The van der Waals surface area contributed by atoms with Crippen molar-refractivity contribution < 1.29 is 0 Å². The minimum atomic E-state index is 0.579. The second kappa shape index (κ2) is 4.53. The molecule has 0 saturated carbocycles. The predicted octanol–water partition coefficient (Wildman–Crippen LogP) is 1.89. The molecule has 1 N–H and O–H groups in total. The van der Waals surface area contributed by atoms with Crippen molar-refractivity contribution in [3.05, 3.63) is 24.7 Å². The molecular weight excluding hydrogens is 208 g/mol. The van der Waals surface area contributed by atoms with Crippen LogP contribution in [0.15, 0.2) is 24.7 Å². The average molecular weight is 222 g/mol. The van der Waals surface area contributed by atoms with E-state index in [1.807, 2.05) is 28.5 Å². The fourth-order valence-electron chi connectivity index (χ4n) is 1.32. The summed E-state index contributed by atoms with van der Waals surface area (Å²) in [5.74, 6) is 0.899. The topological polar surface area (TPSA) is 42.2 Å². The van der Waals surface area contributed by atoms with Crippen LogP contribution >= 0.6 is 11.8 Å². The largest absolute Gasteiger partial charge is 0.367 e. The maximum Gasteiger partial charge on any atom is 0.152 e. The lowest BCUT2D eigenvalue weighted by Crippen LogP contribution is -2.14. The molecular formula is C10H14N4S. The Bertz CT molecular complexity index is 440. The SMILES string of the molecule is CSC(C)CNc1nccn2nccc12. The van der Waals surface area contributed by atoms with Gasteiger partial charge >= 0.3 is 0 Å². The molecule has 0 amide bonds. The molecule has 2 heterocycles. The summed E-state index contributed by atoms with van der Waals surface area (Å²) in [5, 5.41) is 8.07. The predicted molar refractivity (Wildman–Crippen MR) is 64.5 cm³/mol. The Hall–Kier alpha value is -1.23. The Morgan fingerprint density at radius 1 is 1.53 bits per heavy atom. The highest BCUT2D eigenvalue weighted by molar-refractivity contribution is 7.99. The van der Waals surface area contributed by atoms with E-state index < -0.39 is 0 Å². The first-order valence-corrected chi connectivity index (χ1v) is 6.15. The second-order valence-electron chi connectivity index (χ2n) is 3.36. The number of aromatic nitrogens is 3. The highest BCUT2D eigenvalue weighted by atomic mass is 32.2. The van der Waals surface area contributed by atoms with Gasteiger partial charge in [0.15, 0.2) is 5.82 Å². The van der Waals surface area contributed by atoms with Crippen LogP contribution < -0.4 is 5.32 Å². The quantitative estimate of drug-likeness (QED) is 0.858. The maximum atomic E-state index is 4.30. The standard InChI is InChI=1S/C10H14N4S/c1-8(15-2)7-12-10-9-3-4-13-14(9)6-5-11-10/h3-6,8H,7H2,1-2H3,(H,11,12). The van der Waals surface area contributed by atoms with E-state index in [1.54, 1.807) is 12.4 Å². The molecule has 2 rings (SSSR count). The zero-order valence-electron chi connectivity index (χ0n) is 8.84. The van der Waals surface area contributed by atoms with Crippen molar-refractivity contribution >= 4 is 23.1 Å². The molecule has 1 unspecified atom stereocenters. The lowest BCUT2D eigenvalue weighted by molar-refractivity contribution is 0.935. The Kier molecular flexibility index (Phi) is 3.11. The fraction of sp³-hybridized carbons (Fsp3) is 0.400. The van der Waals surface area contributed by atoms with Crippen molar-refractivity contribution in [1.29, 1.82) is 0 Å². The number of anilines is 1. The molecule has 15 heavy (non-hydrogen) atoms. The summed E-state index contributed by atoms with van der Waals surface area (Å²) in [6, 6.07) is 1.96. The van der Waals surface area contributed by atoms with Gasteiger partial charge in [0, 0.05) is 24.2 Å². The van der Waals surface area contributed by atoms with E-state index >= 15 is 0 Å². The molecule has 5 heteroatoms. The zero-order valence-corrected chi connectivity index (χ0v) is 9.66. The van der Waals surface area contributed by atoms with Gasteiger partial charge in [0.2, 0.25) is 0 Å². The van der Waals surface area contributed by atoms with Crippen molar-refractivity contribution in [2.45, 2.75) is 12.2 Å². The van der Waals surface area contributed by atoms with Crippen LogP contribution in [0.1, 0.15) is 6.92 Å². The molecule has 0 radical (unpaired) electrons. The lowest BCUT2D eigenvalue weighted by atomic mass is 10.4. The molecule has 2 aromatic heterocycles. The Labute approximate surface area is 93.1 Å². The Morgan fingerprint density at radius 2 is 2.40 bits per heavy atom. The highest BCUT2D eigenvalue weighted by Gasteiger charge is 2.04. The summed E-state index contributed by atoms with van der Waals surface area (Å²) in [5.41, 5.74) is 1.02. The lowest BCUT2D eigenvalue weighted by Gasteiger charge is -2.10. The van der Waals surface area contributed by atoms with Crippen molar-refractivity contribution in [2.24, 2.45) is 0 Å². The summed E-state index contributed by atoms with van der Waals surface area (Å²) >= 11 is 1.84. The number of hydrogen-bond donors (Lipinski definition) is 1. The minimum absolute atomic E-state index is 0.579. The fourth-order valence-corrected chi connectivity index (χ4v) is 1.57. The van der Waals surface area contributed by atoms with Crippen LogP contribution in [0.3, 0.4) is 0 Å². The Morgan fingerprint density at radius 3 is 3.20 bits per heavy atom. The van der Waals surface area contributed by atoms with E-state index in [0.717, 1.165) is 17.9 Å². The van der Waals surface area contributed by atoms with Crippen molar-refractivity contribution in [2.75, 3.05) is 18.1 Å². The molecule has 0 aliphatic carbocycles. The maximum absolute atomic E-state index is 4.30. The second-order valence-corrected chi connectivity index (χ2v) is 4.64. The highest BCUT2D eigenvalue weighted by Crippen LogP contribution is 2.13. The molecule has 2 aromatic rings. The van der Waals surface area contributed by atoms with Gasteiger partial charge < -0.3 is 5.32 Å². The first kappa shape index (κ1) is 10.3. The van der Waals surface area contributed by atoms with Crippen LogP contribution in [0.5, 0.6) is 0 Å². The number of fused-ring (bicyclic) bond motifs is 1. The third kappa shape index (κ3) is 2.23. The van der Waals surface area contributed by atoms with Crippen LogP contribution in [-0.2, 0) is 0 Å². The van der Waals surface area contributed by atoms with E-state index in [9.17, 15) is 0 Å². The third-order valence-corrected chi connectivity index (χ3v) is 3.26. The van der Waals surface area contributed by atoms with Gasteiger partial charge in [0.25, 0.3) is 0 Å². The summed E-state index contributed by atoms with van der Waals surface area (Å²) in [7, 11) is 0. The molecule has 4 nitrogen and oxygen atoms in total. The average Bonchev–Trinajstić information content (AvgIpc) is 2.74. The molecule has 0 aliphatic heterocycles. The number of nitrogens with one attached hydrogen (secondary N) is 1. The smallest absolute Gasteiger partial charge is 0.152 e. The number of hydrogen-bond acceptors (Lipinski definition) is 4. The summed E-state index contributed by atoms with van der Waals surface area (Å²) in [6.45, 7) is 3.10. The molecule has 0 aliphatic rings. The Balaban J connectivity index is 2.17. The molecule has 1 atom stereocenters. The van der Waals surface area contributed by atoms with E-state index in [1.165, 1.54) is 0 Å². The van der Waals surface area contributed by atoms with Gasteiger partial charge in [-0.3, -0.25) is 0 Å². The number of rotatable bonds is 4. The number of nitrogens with zero attached hydrogens (tertiary/aromatic N) is 3. The van der Waals surface area contributed by atoms with E-state index in [0.29, 0.717) is 5.25 Å². The molecule has 0 bridgehead atoms. The van der Waals surface area contributed by atoms with Gasteiger partial charge in [-0.1, -0.05) is 6.92 Å². The summed E-state index contributed by atoms with van der Waals surface area (Å²) < 4.78 is 1.82. The third-order valence-electron chi connectivity index (χ3n) is 2.28. The van der Waals surface area contributed by atoms with Gasteiger partial charge in [-0.05, 0) is 12.3 Å². The normalized spacial score (nSPS) is 12.9. The minimum Gasteiger partial charge on any atom is -0.367 e. The molecule has 0 aromatic carbocycles. The van der Waals surface area contributed by atoms with Crippen molar-refractivity contribution in [1.82, 2.24) is 14.6 Å². The van der Waals surface area contributed by atoms with Crippen molar-refractivity contribution in [3.8, 4) is 0 Å². The summed E-state index contributed by atoms with van der Waals surface area (Å²) in [4.78, 5) is 4.30. The zero-order chi connectivity index (χ0) is 10.7. The first-order valence-electron chi connectivity index (χ1n) is 4.86. The van der Waals surface area contributed by atoms with Crippen molar-refractivity contribution in [3.63, 3.8) is 0 Å². The van der Waals surface area contributed by atoms with Crippen LogP contribution in [0.4, 0.5) is 5.82 Å².